The van der Waals surface area contributed by atoms with Gasteiger partial charge in [0.05, 0.1) is 17.2 Å². The first-order valence-corrected chi connectivity index (χ1v) is 11.1. The van der Waals surface area contributed by atoms with Crippen molar-refractivity contribution >= 4 is 11.6 Å². The molecule has 1 aromatic heterocycles. The molecule has 4 aromatic rings. The van der Waals surface area contributed by atoms with Gasteiger partial charge >= 0.3 is 0 Å². The molecule has 168 valence electrons. The molecule has 0 fully saturated rings. The number of nitriles is 1. The summed E-state index contributed by atoms with van der Waals surface area (Å²) in [6.45, 7) is 2.50. The van der Waals surface area contributed by atoms with E-state index in [1.54, 1.807) is 12.1 Å². The van der Waals surface area contributed by atoms with Gasteiger partial charge in [0.25, 0.3) is 0 Å². The molecule has 0 saturated heterocycles. The second kappa shape index (κ2) is 8.97. The predicted octanol–water partition coefficient (Wildman–Crippen LogP) is 5.84. The van der Waals surface area contributed by atoms with Gasteiger partial charge in [-0.25, -0.2) is 0 Å². The molecule has 3 N–H and O–H groups in total. The van der Waals surface area contributed by atoms with Crippen molar-refractivity contribution in [2.75, 3.05) is 0 Å². The Hall–Kier alpha value is -4.21. The molecule has 0 bridgehead atoms. The normalized spacial score (nSPS) is 14.8. The molecule has 1 aliphatic rings. The molecule has 5 rings (SSSR count). The minimum Gasteiger partial charge on any atom is -0.489 e. The highest BCUT2D eigenvalue weighted by molar-refractivity contribution is 6.30. The number of aromatic amines is 1. The molecule has 0 saturated carbocycles. The van der Waals surface area contributed by atoms with Gasteiger partial charge in [0.15, 0.2) is 0 Å². The number of hydrogen-bond acceptors (Lipinski definition) is 5. The number of rotatable bonds is 5. The number of benzene rings is 3. The summed E-state index contributed by atoms with van der Waals surface area (Å²) in [5.41, 5.74) is 11.9. The van der Waals surface area contributed by atoms with Crippen molar-refractivity contribution in [3.63, 3.8) is 0 Å². The predicted molar refractivity (Wildman–Crippen MR) is 130 cm³/mol. The highest BCUT2D eigenvalue weighted by atomic mass is 35.5. The van der Waals surface area contributed by atoms with Crippen molar-refractivity contribution < 1.29 is 9.47 Å². The van der Waals surface area contributed by atoms with Crippen LogP contribution in [0, 0.1) is 18.3 Å². The highest BCUT2D eigenvalue weighted by Crippen LogP contribution is 2.46. The summed E-state index contributed by atoms with van der Waals surface area (Å²) in [7, 11) is 0. The Balaban J connectivity index is 1.55. The second-order valence-corrected chi connectivity index (χ2v) is 8.47. The van der Waals surface area contributed by atoms with E-state index in [1.807, 2.05) is 54.6 Å². The quantitative estimate of drug-likeness (QED) is 0.383. The molecule has 1 atom stereocenters. The van der Waals surface area contributed by atoms with Crippen molar-refractivity contribution in [3.8, 4) is 29.0 Å². The number of nitrogens with zero attached hydrogens (tertiary/aromatic N) is 2. The van der Waals surface area contributed by atoms with E-state index in [-0.39, 0.29) is 5.88 Å². The maximum absolute atomic E-state index is 9.96. The number of aromatic nitrogens is 2. The van der Waals surface area contributed by atoms with Crippen LogP contribution < -0.4 is 15.2 Å². The van der Waals surface area contributed by atoms with E-state index in [2.05, 4.69) is 29.3 Å². The zero-order chi connectivity index (χ0) is 23.7. The van der Waals surface area contributed by atoms with Gasteiger partial charge in [-0.3, -0.25) is 5.10 Å². The summed E-state index contributed by atoms with van der Waals surface area (Å²) in [6, 6.07) is 25.4. The Morgan fingerprint density at radius 3 is 2.68 bits per heavy atom. The molecule has 34 heavy (non-hydrogen) atoms. The van der Waals surface area contributed by atoms with Crippen LogP contribution in [-0.2, 0) is 6.61 Å². The van der Waals surface area contributed by atoms with Crippen LogP contribution in [0.3, 0.4) is 0 Å². The maximum Gasteiger partial charge on any atom is 0.244 e. The first kappa shape index (κ1) is 21.6. The number of nitrogens with two attached hydrogens (primary N) is 1. The van der Waals surface area contributed by atoms with Crippen molar-refractivity contribution in [1.29, 1.82) is 5.26 Å². The fourth-order valence-electron chi connectivity index (χ4n) is 4.13. The van der Waals surface area contributed by atoms with Gasteiger partial charge in [-0.1, -0.05) is 60.1 Å². The van der Waals surface area contributed by atoms with Crippen molar-refractivity contribution in [2.24, 2.45) is 5.73 Å². The average molecular weight is 469 g/mol. The number of halogens is 1. The maximum atomic E-state index is 9.96. The van der Waals surface area contributed by atoms with Gasteiger partial charge < -0.3 is 15.2 Å². The molecular weight excluding hydrogens is 448 g/mol. The summed E-state index contributed by atoms with van der Waals surface area (Å²) >= 11 is 6.08. The minimum absolute atomic E-state index is 0.0420. The van der Waals surface area contributed by atoms with Crippen LogP contribution in [0.25, 0.3) is 11.3 Å². The summed E-state index contributed by atoms with van der Waals surface area (Å²) in [5.74, 6) is 0.611. The third kappa shape index (κ3) is 3.98. The molecule has 0 aliphatic carbocycles. The minimum atomic E-state index is -0.472. The number of nitrogens with one attached hydrogen (secondary N) is 1. The van der Waals surface area contributed by atoms with Crippen molar-refractivity contribution in [1.82, 2.24) is 10.2 Å². The molecule has 1 unspecified atom stereocenters. The lowest BCUT2D eigenvalue weighted by Gasteiger charge is -2.24. The molecule has 7 heteroatoms. The Bertz CT molecular complexity index is 1430. The lowest BCUT2D eigenvalue weighted by molar-refractivity contribution is 0.305. The molecule has 3 aromatic carbocycles. The molecular formula is C27H21ClN4O2. The Labute approximate surface area is 202 Å². The van der Waals surface area contributed by atoms with Crippen LogP contribution in [0.2, 0.25) is 5.02 Å². The molecule has 2 heterocycles. The van der Waals surface area contributed by atoms with Crippen LogP contribution in [0.5, 0.6) is 11.6 Å². The summed E-state index contributed by atoms with van der Waals surface area (Å²) in [5, 5.41) is 18.0. The van der Waals surface area contributed by atoms with E-state index in [4.69, 9.17) is 26.8 Å². The first-order valence-electron chi connectivity index (χ1n) is 10.7. The average Bonchev–Trinajstić information content (AvgIpc) is 3.26. The zero-order valence-corrected chi connectivity index (χ0v) is 19.1. The summed E-state index contributed by atoms with van der Waals surface area (Å²) in [6.07, 6.45) is 0. The van der Waals surface area contributed by atoms with Crippen LogP contribution in [-0.4, -0.2) is 10.2 Å². The summed E-state index contributed by atoms with van der Waals surface area (Å²) in [4.78, 5) is 0. The number of aryl methyl sites for hydroxylation is 1. The van der Waals surface area contributed by atoms with E-state index in [9.17, 15) is 5.26 Å². The van der Waals surface area contributed by atoms with Crippen molar-refractivity contribution in [2.45, 2.75) is 19.4 Å². The molecule has 0 spiro atoms. The first-order chi connectivity index (χ1) is 16.5. The van der Waals surface area contributed by atoms with Gasteiger partial charge in [-0.15, -0.1) is 5.10 Å². The molecule has 6 nitrogen and oxygen atoms in total. The summed E-state index contributed by atoms with van der Waals surface area (Å²) < 4.78 is 11.8. The van der Waals surface area contributed by atoms with E-state index < -0.39 is 5.92 Å². The highest BCUT2D eigenvalue weighted by Gasteiger charge is 2.35. The van der Waals surface area contributed by atoms with Gasteiger partial charge in [0.2, 0.25) is 11.8 Å². The van der Waals surface area contributed by atoms with E-state index in [0.29, 0.717) is 28.8 Å². The van der Waals surface area contributed by atoms with Crippen LogP contribution >= 0.6 is 11.6 Å². The monoisotopic (exact) mass is 468 g/mol. The fourth-order valence-corrected chi connectivity index (χ4v) is 4.26. The fraction of sp³-hybridized carbons (Fsp3) is 0.111. The Kier molecular flexibility index (Phi) is 5.70. The SMILES string of the molecule is Cc1ccccc1COc1cccc(C2C(C#N)=C(N)Oc3n[nH]c(-c4ccc(Cl)cc4)c32)c1. The number of ether oxygens (including phenoxy) is 2. The number of allylic oxidation sites excluding steroid dienone is 1. The Morgan fingerprint density at radius 1 is 1.12 bits per heavy atom. The van der Waals surface area contributed by atoms with E-state index in [1.165, 1.54) is 5.56 Å². The molecule has 0 radical (unpaired) electrons. The van der Waals surface area contributed by atoms with Crippen LogP contribution in [0.4, 0.5) is 0 Å². The van der Waals surface area contributed by atoms with Gasteiger partial charge in [-0.05, 0) is 47.9 Å². The topological polar surface area (TPSA) is 96.9 Å². The van der Waals surface area contributed by atoms with Gasteiger partial charge in [-0.2, -0.15) is 5.26 Å². The zero-order valence-electron chi connectivity index (χ0n) is 18.4. The van der Waals surface area contributed by atoms with E-state index >= 15 is 0 Å². The smallest absolute Gasteiger partial charge is 0.244 e. The largest absolute Gasteiger partial charge is 0.489 e. The molecule has 1 aliphatic heterocycles. The second-order valence-electron chi connectivity index (χ2n) is 8.04. The lowest BCUT2D eigenvalue weighted by Crippen LogP contribution is -2.21. The third-order valence-corrected chi connectivity index (χ3v) is 6.17. The van der Waals surface area contributed by atoms with Gasteiger partial charge in [0, 0.05) is 10.6 Å². The number of H-pyrrole nitrogens is 1. The Morgan fingerprint density at radius 2 is 1.91 bits per heavy atom. The van der Waals surface area contributed by atoms with Crippen molar-refractivity contribution in [3.05, 3.63) is 112 Å². The standard InChI is InChI=1S/C27H21ClN4O2/c1-16-5-2-3-6-19(16)15-33-21-8-4-7-18(13-21)23-22(14-29)26(30)34-27-24(23)25(31-32-27)17-9-11-20(28)12-10-17/h2-13,23H,15,30H2,1H3,(H,31,32). The number of hydrogen-bond donors (Lipinski definition) is 2. The van der Waals surface area contributed by atoms with Crippen LogP contribution in [0.15, 0.2) is 84.3 Å². The van der Waals surface area contributed by atoms with Crippen LogP contribution in [0.1, 0.15) is 28.2 Å². The third-order valence-electron chi connectivity index (χ3n) is 5.92. The lowest BCUT2D eigenvalue weighted by atomic mass is 9.83. The molecule has 0 amide bonds. The van der Waals surface area contributed by atoms with E-state index in [0.717, 1.165) is 27.9 Å². The van der Waals surface area contributed by atoms with Gasteiger partial charge in [0.1, 0.15) is 24.0 Å². The number of fused-ring (bicyclic) bond motifs is 1.